The molecule has 1 atom stereocenters. The Labute approximate surface area is 117 Å². The predicted molar refractivity (Wildman–Crippen MR) is 76.7 cm³/mol. The zero-order chi connectivity index (χ0) is 14.9. The molecule has 19 heavy (non-hydrogen) atoms. The zero-order valence-electron chi connectivity index (χ0n) is 13.0. The van der Waals surface area contributed by atoms with Crippen LogP contribution in [-0.4, -0.2) is 25.0 Å². The fraction of sp³-hybridized carbons (Fsp3) is 0.867. The van der Waals surface area contributed by atoms with Gasteiger partial charge in [-0.25, -0.2) is 0 Å². The maximum Gasteiger partial charge on any atom is 0.319 e. The van der Waals surface area contributed by atoms with Crippen molar-refractivity contribution in [1.29, 1.82) is 0 Å². The van der Waals surface area contributed by atoms with E-state index in [4.69, 9.17) is 4.74 Å². The van der Waals surface area contributed by atoms with Crippen molar-refractivity contribution in [3.63, 3.8) is 0 Å². The van der Waals surface area contributed by atoms with Gasteiger partial charge in [0.2, 0.25) is 5.91 Å². The van der Waals surface area contributed by atoms with E-state index in [1.807, 2.05) is 20.8 Å². The van der Waals surface area contributed by atoms with Gasteiger partial charge in [0.1, 0.15) is 5.92 Å². The minimum absolute atomic E-state index is 0.220. The van der Waals surface area contributed by atoms with Gasteiger partial charge in [-0.2, -0.15) is 0 Å². The molecule has 1 unspecified atom stereocenters. The summed E-state index contributed by atoms with van der Waals surface area (Å²) in [7, 11) is 0. The monoisotopic (exact) mass is 271 g/mol. The first-order valence-corrected chi connectivity index (χ1v) is 7.28. The number of rotatable bonds is 8. The zero-order valence-corrected chi connectivity index (χ0v) is 13.0. The van der Waals surface area contributed by atoms with Gasteiger partial charge >= 0.3 is 5.97 Å². The normalized spacial score (nSPS) is 12.9. The van der Waals surface area contributed by atoms with Crippen LogP contribution in [0.4, 0.5) is 0 Å². The van der Waals surface area contributed by atoms with E-state index in [0.29, 0.717) is 13.2 Å². The summed E-state index contributed by atoms with van der Waals surface area (Å²) in [5.74, 6) is -1.39. The molecular weight excluding hydrogens is 242 g/mol. The number of hydrogen-bond donors (Lipinski definition) is 1. The molecule has 0 aromatic heterocycles. The second-order valence-electron chi connectivity index (χ2n) is 5.90. The lowest BCUT2D eigenvalue weighted by atomic mass is 9.80. The third-order valence-electron chi connectivity index (χ3n) is 2.98. The number of ether oxygens (including phenoxy) is 1. The van der Waals surface area contributed by atoms with Crippen LogP contribution in [0.15, 0.2) is 0 Å². The van der Waals surface area contributed by atoms with Gasteiger partial charge in [-0.1, -0.05) is 47.0 Å². The molecule has 0 rings (SSSR count). The van der Waals surface area contributed by atoms with Gasteiger partial charge in [0.05, 0.1) is 6.61 Å². The first-order valence-electron chi connectivity index (χ1n) is 7.28. The van der Waals surface area contributed by atoms with Crippen LogP contribution in [0.1, 0.15) is 60.3 Å². The van der Waals surface area contributed by atoms with Gasteiger partial charge in [-0.15, -0.1) is 0 Å². The van der Waals surface area contributed by atoms with E-state index in [-0.39, 0.29) is 5.91 Å². The van der Waals surface area contributed by atoms with Crippen molar-refractivity contribution in [2.24, 2.45) is 11.3 Å². The first kappa shape index (κ1) is 17.9. The molecule has 0 heterocycles. The van der Waals surface area contributed by atoms with Crippen molar-refractivity contribution >= 4 is 11.9 Å². The Morgan fingerprint density at radius 1 is 1.11 bits per heavy atom. The number of carbonyl (C=O) groups excluding carboxylic acids is 2. The number of amides is 1. The minimum Gasteiger partial charge on any atom is -0.465 e. The maximum absolute atomic E-state index is 12.1. The average Bonchev–Trinajstić information content (AvgIpc) is 2.27. The van der Waals surface area contributed by atoms with Crippen LogP contribution < -0.4 is 5.32 Å². The van der Waals surface area contributed by atoms with Crippen LogP contribution in [0.3, 0.4) is 0 Å². The molecule has 0 aliphatic heterocycles. The molecule has 0 saturated heterocycles. The highest BCUT2D eigenvalue weighted by molar-refractivity contribution is 5.98. The number of unbranched alkanes of at least 4 members (excludes halogenated alkanes) is 3. The quantitative estimate of drug-likeness (QED) is 0.419. The Bertz CT molecular complexity index is 282. The molecule has 0 aromatic carbocycles. The highest BCUT2D eigenvalue weighted by Gasteiger charge is 2.38. The Morgan fingerprint density at radius 2 is 1.74 bits per heavy atom. The van der Waals surface area contributed by atoms with E-state index >= 15 is 0 Å². The summed E-state index contributed by atoms with van der Waals surface area (Å²) in [5, 5.41) is 2.85. The predicted octanol–water partition coefficient (Wildman–Crippen LogP) is 2.91. The summed E-state index contributed by atoms with van der Waals surface area (Å²) in [6.07, 6.45) is 4.41. The van der Waals surface area contributed by atoms with Gasteiger partial charge in [-0.3, -0.25) is 9.59 Å². The van der Waals surface area contributed by atoms with Crippen molar-refractivity contribution in [2.75, 3.05) is 13.2 Å². The number of carbonyl (C=O) groups is 2. The fourth-order valence-electron chi connectivity index (χ4n) is 1.94. The Morgan fingerprint density at radius 3 is 2.21 bits per heavy atom. The standard InChI is InChI=1S/C15H29NO3/c1-6-8-9-10-11-16-13(17)12(15(3,4)5)14(18)19-7-2/h12H,6-11H2,1-5H3,(H,16,17). The third kappa shape index (κ3) is 7.19. The second kappa shape index (κ2) is 8.94. The molecule has 0 saturated carbocycles. The summed E-state index contributed by atoms with van der Waals surface area (Å²) >= 11 is 0. The summed E-state index contributed by atoms with van der Waals surface area (Å²) in [4.78, 5) is 24.0. The van der Waals surface area contributed by atoms with Crippen LogP contribution in [0.2, 0.25) is 0 Å². The van der Waals surface area contributed by atoms with Crippen molar-refractivity contribution < 1.29 is 14.3 Å². The molecule has 0 aliphatic rings. The topological polar surface area (TPSA) is 55.4 Å². The van der Waals surface area contributed by atoms with Crippen LogP contribution in [0, 0.1) is 11.3 Å². The highest BCUT2D eigenvalue weighted by Crippen LogP contribution is 2.27. The Hall–Kier alpha value is -1.06. The molecule has 1 N–H and O–H groups in total. The smallest absolute Gasteiger partial charge is 0.319 e. The number of esters is 1. The van der Waals surface area contributed by atoms with Crippen molar-refractivity contribution in [1.82, 2.24) is 5.32 Å². The van der Waals surface area contributed by atoms with E-state index in [1.165, 1.54) is 12.8 Å². The average molecular weight is 271 g/mol. The molecule has 0 aliphatic carbocycles. The maximum atomic E-state index is 12.1. The van der Waals surface area contributed by atoms with E-state index in [0.717, 1.165) is 12.8 Å². The molecular formula is C15H29NO3. The van der Waals surface area contributed by atoms with E-state index in [1.54, 1.807) is 6.92 Å². The third-order valence-corrected chi connectivity index (χ3v) is 2.98. The van der Waals surface area contributed by atoms with Crippen LogP contribution in [-0.2, 0) is 14.3 Å². The lowest BCUT2D eigenvalue weighted by molar-refractivity contribution is -0.156. The molecule has 0 spiro atoms. The fourth-order valence-corrected chi connectivity index (χ4v) is 1.94. The molecule has 4 heteroatoms. The summed E-state index contributed by atoms with van der Waals surface area (Å²) in [6.45, 7) is 10.5. The summed E-state index contributed by atoms with van der Waals surface area (Å²) in [5.41, 5.74) is -0.431. The number of hydrogen-bond acceptors (Lipinski definition) is 3. The molecule has 0 bridgehead atoms. The lowest BCUT2D eigenvalue weighted by Gasteiger charge is -2.27. The summed E-state index contributed by atoms with van der Waals surface area (Å²) < 4.78 is 5.00. The molecule has 4 nitrogen and oxygen atoms in total. The van der Waals surface area contributed by atoms with E-state index in [9.17, 15) is 9.59 Å². The molecule has 0 fully saturated rings. The molecule has 0 radical (unpaired) electrons. The summed E-state index contributed by atoms with van der Waals surface area (Å²) in [6, 6.07) is 0. The Kier molecular flexibility index (Phi) is 8.44. The van der Waals surface area contributed by atoms with Gasteiger partial charge in [-0.05, 0) is 18.8 Å². The molecule has 0 aromatic rings. The minimum atomic E-state index is -0.737. The van der Waals surface area contributed by atoms with E-state index < -0.39 is 17.3 Å². The molecule has 1 amide bonds. The second-order valence-corrected chi connectivity index (χ2v) is 5.90. The van der Waals surface area contributed by atoms with Gasteiger partial charge in [0, 0.05) is 6.54 Å². The largest absolute Gasteiger partial charge is 0.465 e. The molecule has 112 valence electrons. The Balaban J connectivity index is 4.36. The highest BCUT2D eigenvalue weighted by atomic mass is 16.5. The lowest BCUT2D eigenvalue weighted by Crippen LogP contribution is -2.43. The van der Waals surface area contributed by atoms with Gasteiger partial charge in [0.25, 0.3) is 0 Å². The van der Waals surface area contributed by atoms with Crippen molar-refractivity contribution in [2.45, 2.75) is 60.3 Å². The van der Waals surface area contributed by atoms with Crippen molar-refractivity contribution in [3.8, 4) is 0 Å². The van der Waals surface area contributed by atoms with E-state index in [2.05, 4.69) is 12.2 Å². The van der Waals surface area contributed by atoms with Crippen LogP contribution >= 0.6 is 0 Å². The van der Waals surface area contributed by atoms with Crippen LogP contribution in [0.5, 0.6) is 0 Å². The van der Waals surface area contributed by atoms with Crippen LogP contribution in [0.25, 0.3) is 0 Å². The van der Waals surface area contributed by atoms with Gasteiger partial charge in [0.15, 0.2) is 0 Å². The SMILES string of the molecule is CCCCCCNC(=O)C(C(=O)OCC)C(C)(C)C. The number of nitrogens with one attached hydrogen (secondary N) is 1. The first-order chi connectivity index (χ1) is 8.84. The van der Waals surface area contributed by atoms with Crippen molar-refractivity contribution in [3.05, 3.63) is 0 Å². The van der Waals surface area contributed by atoms with Gasteiger partial charge < -0.3 is 10.1 Å².